The first-order valence-corrected chi connectivity index (χ1v) is 10.1. The first kappa shape index (κ1) is 21.3. The van der Waals surface area contributed by atoms with Gasteiger partial charge in [-0.1, -0.05) is 50.2 Å². The van der Waals surface area contributed by atoms with Crippen LogP contribution >= 0.6 is 0 Å². The number of pyridine rings is 1. The average molecular weight is 404 g/mol. The summed E-state index contributed by atoms with van der Waals surface area (Å²) >= 11 is 0. The molecule has 3 rings (SSSR count). The second-order valence-corrected chi connectivity index (χ2v) is 7.97. The van der Waals surface area contributed by atoms with Gasteiger partial charge in [0.25, 0.3) is 0 Å². The minimum atomic E-state index is -2.58. The first-order chi connectivity index (χ1) is 13.8. The molecule has 0 spiro atoms. The summed E-state index contributed by atoms with van der Waals surface area (Å²) in [7, 11) is 0. The minimum absolute atomic E-state index is 0.147. The van der Waals surface area contributed by atoms with Gasteiger partial charge in [-0.05, 0) is 36.0 Å². The van der Waals surface area contributed by atoms with Crippen molar-refractivity contribution in [2.45, 2.75) is 63.6 Å². The molecule has 1 saturated carbocycles. The van der Waals surface area contributed by atoms with Gasteiger partial charge in [0, 0.05) is 25.0 Å². The Bertz CT molecular complexity index is 803. The number of amides is 1. The summed E-state index contributed by atoms with van der Waals surface area (Å²) < 4.78 is 40.0. The maximum Gasteiger partial charge on any atom is 0.249 e. The van der Waals surface area contributed by atoms with Gasteiger partial charge in [0.2, 0.25) is 11.8 Å². The second-order valence-electron chi connectivity index (χ2n) is 7.97. The molecule has 1 aliphatic rings. The van der Waals surface area contributed by atoms with Crippen molar-refractivity contribution in [2.24, 2.45) is 5.92 Å². The molecule has 1 N–H and O–H groups in total. The standard InChI is InChI=1S/C23H27F3N2O/c1-3-19(24)11-15(2)22(29)28-21(16-7-5-4-6-8-16)20-10-9-17(14-27-20)18-12-23(25,26)13-18/h4-10,14-15,18-19,21H,3,11-13H2,1-2H3,(H,28,29)/t15-,19-,21-/m0/s1. The number of hydrogen-bond acceptors (Lipinski definition) is 2. The molecule has 1 aliphatic carbocycles. The van der Waals surface area contributed by atoms with E-state index < -0.39 is 24.1 Å². The smallest absolute Gasteiger partial charge is 0.249 e. The Labute approximate surface area is 169 Å². The monoisotopic (exact) mass is 404 g/mol. The van der Waals surface area contributed by atoms with Gasteiger partial charge in [-0.25, -0.2) is 13.2 Å². The highest BCUT2D eigenvalue weighted by atomic mass is 19.3. The van der Waals surface area contributed by atoms with Gasteiger partial charge in [-0.3, -0.25) is 9.78 Å². The van der Waals surface area contributed by atoms with E-state index in [1.165, 1.54) is 0 Å². The van der Waals surface area contributed by atoms with Crippen LogP contribution in [0.15, 0.2) is 48.7 Å². The highest BCUT2D eigenvalue weighted by Crippen LogP contribution is 2.48. The molecule has 1 heterocycles. The normalized spacial score (nSPS) is 19.1. The number of benzene rings is 1. The highest BCUT2D eigenvalue weighted by Gasteiger charge is 2.45. The van der Waals surface area contributed by atoms with Gasteiger partial charge in [-0.2, -0.15) is 0 Å². The molecule has 0 saturated heterocycles. The number of alkyl halides is 3. The van der Waals surface area contributed by atoms with Gasteiger partial charge in [-0.15, -0.1) is 0 Å². The Morgan fingerprint density at radius 3 is 2.45 bits per heavy atom. The van der Waals surface area contributed by atoms with Gasteiger partial charge in [0.05, 0.1) is 11.7 Å². The number of nitrogens with one attached hydrogen (secondary N) is 1. The lowest BCUT2D eigenvalue weighted by atomic mass is 9.77. The number of hydrogen-bond donors (Lipinski definition) is 1. The first-order valence-electron chi connectivity index (χ1n) is 10.1. The topological polar surface area (TPSA) is 42.0 Å². The van der Waals surface area contributed by atoms with Crippen molar-refractivity contribution in [3.8, 4) is 0 Å². The molecule has 3 nitrogen and oxygen atoms in total. The van der Waals surface area contributed by atoms with Crippen molar-refractivity contribution in [1.29, 1.82) is 0 Å². The van der Waals surface area contributed by atoms with E-state index in [4.69, 9.17) is 0 Å². The number of nitrogens with zero attached hydrogens (tertiary/aromatic N) is 1. The van der Waals surface area contributed by atoms with Crippen LogP contribution in [-0.4, -0.2) is 23.0 Å². The lowest BCUT2D eigenvalue weighted by Gasteiger charge is -2.35. The molecule has 1 fully saturated rings. The Morgan fingerprint density at radius 1 is 1.21 bits per heavy atom. The maximum absolute atomic E-state index is 13.7. The molecule has 156 valence electrons. The molecule has 29 heavy (non-hydrogen) atoms. The lowest BCUT2D eigenvalue weighted by Crippen LogP contribution is -2.35. The number of carbonyl (C=O) groups is 1. The fraction of sp³-hybridized carbons (Fsp3) is 0.478. The molecule has 3 atom stereocenters. The van der Waals surface area contributed by atoms with E-state index in [0.29, 0.717) is 12.1 Å². The molecule has 0 bridgehead atoms. The summed E-state index contributed by atoms with van der Waals surface area (Å²) in [6.45, 7) is 3.47. The molecule has 0 aliphatic heterocycles. The van der Waals surface area contributed by atoms with E-state index in [1.807, 2.05) is 36.4 Å². The fourth-order valence-electron chi connectivity index (χ4n) is 3.64. The minimum Gasteiger partial charge on any atom is -0.343 e. The van der Waals surface area contributed by atoms with Crippen molar-refractivity contribution in [3.05, 3.63) is 65.5 Å². The van der Waals surface area contributed by atoms with Gasteiger partial charge in [0.1, 0.15) is 6.17 Å². The molecule has 1 aromatic carbocycles. The number of carbonyl (C=O) groups excluding carboxylic acids is 1. The summed E-state index contributed by atoms with van der Waals surface area (Å²) in [5, 5.41) is 2.98. The summed E-state index contributed by atoms with van der Waals surface area (Å²) in [6.07, 6.45) is 0.868. The number of aromatic nitrogens is 1. The largest absolute Gasteiger partial charge is 0.343 e. The van der Waals surface area contributed by atoms with Gasteiger partial charge in [0.15, 0.2) is 0 Å². The predicted octanol–water partition coefficient (Wildman–Crippen LogP) is 5.57. The van der Waals surface area contributed by atoms with E-state index in [1.54, 1.807) is 26.1 Å². The second kappa shape index (κ2) is 8.97. The molecular weight excluding hydrogens is 377 g/mol. The van der Waals surface area contributed by atoms with Crippen LogP contribution in [0.2, 0.25) is 0 Å². The molecule has 6 heteroatoms. The third-order valence-corrected chi connectivity index (χ3v) is 5.59. The Balaban J connectivity index is 1.77. The van der Waals surface area contributed by atoms with Crippen molar-refractivity contribution in [1.82, 2.24) is 10.3 Å². The molecular formula is C23H27F3N2O. The summed E-state index contributed by atoms with van der Waals surface area (Å²) in [5.41, 5.74) is 2.27. The van der Waals surface area contributed by atoms with Crippen LogP contribution in [0.25, 0.3) is 0 Å². The maximum atomic E-state index is 13.7. The Kier molecular flexibility index (Phi) is 6.60. The average Bonchev–Trinajstić information content (AvgIpc) is 2.70. The number of rotatable bonds is 8. The quantitative estimate of drug-likeness (QED) is 0.625. The highest BCUT2D eigenvalue weighted by molar-refractivity contribution is 5.79. The van der Waals surface area contributed by atoms with E-state index in [9.17, 15) is 18.0 Å². The lowest BCUT2D eigenvalue weighted by molar-refractivity contribution is -0.125. The van der Waals surface area contributed by atoms with Crippen molar-refractivity contribution in [2.75, 3.05) is 0 Å². The van der Waals surface area contributed by atoms with Crippen LogP contribution in [0.5, 0.6) is 0 Å². The summed E-state index contributed by atoms with van der Waals surface area (Å²) in [4.78, 5) is 17.1. The van der Waals surface area contributed by atoms with Crippen LogP contribution in [-0.2, 0) is 4.79 Å². The third kappa shape index (κ3) is 5.37. The SMILES string of the molecule is CC[C@H](F)C[C@H](C)C(=O)N[C@@H](c1ccccc1)c1ccc(C2CC(F)(F)C2)cn1. The van der Waals surface area contributed by atoms with Crippen molar-refractivity contribution in [3.63, 3.8) is 0 Å². The van der Waals surface area contributed by atoms with E-state index in [0.717, 1.165) is 11.1 Å². The molecule has 0 radical (unpaired) electrons. The van der Waals surface area contributed by atoms with E-state index in [2.05, 4.69) is 10.3 Å². The molecule has 2 aromatic rings. The third-order valence-electron chi connectivity index (χ3n) is 5.59. The summed E-state index contributed by atoms with van der Waals surface area (Å²) in [5.74, 6) is -3.45. The zero-order valence-corrected chi connectivity index (χ0v) is 16.7. The van der Waals surface area contributed by atoms with E-state index in [-0.39, 0.29) is 31.1 Å². The van der Waals surface area contributed by atoms with Gasteiger partial charge >= 0.3 is 0 Å². The van der Waals surface area contributed by atoms with Crippen LogP contribution in [0, 0.1) is 5.92 Å². The van der Waals surface area contributed by atoms with Crippen LogP contribution in [0.1, 0.15) is 68.3 Å². The van der Waals surface area contributed by atoms with Crippen LogP contribution in [0.4, 0.5) is 13.2 Å². The predicted molar refractivity (Wildman–Crippen MR) is 107 cm³/mol. The molecule has 0 unspecified atom stereocenters. The number of halogens is 3. The summed E-state index contributed by atoms with van der Waals surface area (Å²) in [6, 6.07) is 12.5. The fourth-order valence-corrected chi connectivity index (χ4v) is 3.64. The molecule has 1 amide bonds. The van der Waals surface area contributed by atoms with E-state index >= 15 is 0 Å². The Hall–Kier alpha value is -2.37. The van der Waals surface area contributed by atoms with Crippen molar-refractivity contribution < 1.29 is 18.0 Å². The van der Waals surface area contributed by atoms with Crippen LogP contribution in [0.3, 0.4) is 0 Å². The molecule has 1 aromatic heterocycles. The zero-order chi connectivity index (χ0) is 21.0. The zero-order valence-electron chi connectivity index (χ0n) is 16.7. The van der Waals surface area contributed by atoms with Gasteiger partial charge < -0.3 is 5.32 Å². The van der Waals surface area contributed by atoms with Crippen LogP contribution < -0.4 is 5.32 Å². The van der Waals surface area contributed by atoms with Crippen molar-refractivity contribution >= 4 is 5.91 Å². The Morgan fingerprint density at radius 2 is 1.90 bits per heavy atom.